The van der Waals surface area contributed by atoms with Gasteiger partial charge < -0.3 is 19.3 Å². The highest BCUT2D eigenvalue weighted by molar-refractivity contribution is 5.53. The molecule has 0 amide bonds. The molecule has 1 heterocycles. The zero-order valence-corrected chi connectivity index (χ0v) is 13.2. The minimum Gasteiger partial charge on any atom is -0.490 e. The van der Waals surface area contributed by atoms with Crippen LogP contribution < -0.4 is 14.2 Å². The first-order valence-electron chi connectivity index (χ1n) is 7.42. The first-order valence-corrected chi connectivity index (χ1v) is 7.42. The van der Waals surface area contributed by atoms with Crippen LogP contribution in [0.15, 0.2) is 12.1 Å². The molecule has 0 fully saturated rings. The second-order valence-corrected chi connectivity index (χ2v) is 6.25. The van der Waals surface area contributed by atoms with Crippen molar-refractivity contribution in [3.8, 4) is 17.2 Å². The predicted octanol–water partition coefficient (Wildman–Crippen LogP) is 3.92. The first kappa shape index (κ1) is 16.8. The Morgan fingerprint density at radius 2 is 1.73 bits per heavy atom. The van der Waals surface area contributed by atoms with E-state index in [1.165, 1.54) is 12.1 Å². The maximum atomic E-state index is 13.1. The normalized spacial score (nSPS) is 17.1. The van der Waals surface area contributed by atoms with Crippen LogP contribution in [0.5, 0.6) is 17.2 Å². The number of aliphatic hydroxyl groups is 1. The third kappa shape index (κ3) is 4.00. The highest BCUT2D eigenvalue weighted by Crippen LogP contribution is 2.46. The van der Waals surface area contributed by atoms with Crippen molar-refractivity contribution in [1.29, 1.82) is 0 Å². The van der Waals surface area contributed by atoms with Crippen molar-refractivity contribution in [2.24, 2.45) is 5.92 Å². The molecule has 2 rings (SSSR count). The van der Waals surface area contributed by atoms with Crippen molar-refractivity contribution in [3.05, 3.63) is 17.7 Å². The zero-order valence-electron chi connectivity index (χ0n) is 13.2. The fourth-order valence-electron chi connectivity index (χ4n) is 2.37. The number of rotatable bonds is 6. The lowest BCUT2D eigenvalue weighted by Gasteiger charge is -2.18. The van der Waals surface area contributed by atoms with Crippen molar-refractivity contribution >= 4 is 0 Å². The lowest BCUT2D eigenvalue weighted by atomic mass is 10.0. The number of aliphatic hydroxyl groups excluding tert-OH is 1. The molecule has 1 aliphatic heterocycles. The smallest absolute Gasteiger partial charge is 0.490 e. The summed E-state index contributed by atoms with van der Waals surface area (Å²) in [5, 5.41) is 9.89. The number of halogens is 2. The molecule has 0 spiro atoms. The molecule has 4 nitrogen and oxygen atoms in total. The van der Waals surface area contributed by atoms with Gasteiger partial charge in [-0.05, 0) is 24.3 Å². The van der Waals surface area contributed by atoms with Crippen LogP contribution in [0.25, 0.3) is 0 Å². The number of ether oxygens (including phenoxy) is 3. The number of fused-ring (bicyclic) bond motifs is 1. The van der Waals surface area contributed by atoms with E-state index in [2.05, 4.69) is 9.47 Å². The van der Waals surface area contributed by atoms with E-state index in [9.17, 15) is 13.9 Å². The van der Waals surface area contributed by atoms with E-state index in [-0.39, 0.29) is 24.0 Å². The number of alkyl halides is 2. The Kier molecular flexibility index (Phi) is 4.80. The molecular formula is C16H22F2O4. The van der Waals surface area contributed by atoms with Crippen LogP contribution in [0.1, 0.15) is 45.6 Å². The van der Waals surface area contributed by atoms with Crippen molar-refractivity contribution in [3.63, 3.8) is 0 Å². The highest BCUT2D eigenvalue weighted by Gasteiger charge is 2.44. The van der Waals surface area contributed by atoms with Gasteiger partial charge in [-0.15, -0.1) is 8.78 Å². The fourth-order valence-corrected chi connectivity index (χ4v) is 2.37. The Morgan fingerprint density at radius 3 is 2.27 bits per heavy atom. The zero-order chi connectivity index (χ0) is 16.5. The molecule has 1 atom stereocenters. The Labute approximate surface area is 129 Å². The van der Waals surface area contributed by atoms with E-state index in [1.807, 2.05) is 27.7 Å². The van der Waals surface area contributed by atoms with Crippen LogP contribution in [-0.4, -0.2) is 24.1 Å². The van der Waals surface area contributed by atoms with Crippen molar-refractivity contribution < 1.29 is 28.1 Å². The van der Waals surface area contributed by atoms with E-state index in [0.29, 0.717) is 18.1 Å². The van der Waals surface area contributed by atoms with E-state index >= 15 is 0 Å². The van der Waals surface area contributed by atoms with Crippen LogP contribution in [-0.2, 0) is 0 Å². The van der Waals surface area contributed by atoms with Crippen molar-refractivity contribution in [2.75, 3.05) is 6.61 Å². The monoisotopic (exact) mass is 316 g/mol. The molecular weight excluding hydrogens is 294 g/mol. The third-order valence-corrected chi connectivity index (χ3v) is 3.33. The van der Waals surface area contributed by atoms with E-state index in [0.717, 1.165) is 5.56 Å². The molecule has 124 valence electrons. The summed E-state index contributed by atoms with van der Waals surface area (Å²) >= 11 is 0. The largest absolute Gasteiger partial charge is 0.586 e. The second kappa shape index (κ2) is 6.28. The quantitative estimate of drug-likeness (QED) is 0.864. The SMILES string of the molecule is CC(C)C[C@@H](O)COc1cc2c(cc1C(C)C)OC(F)(F)O2. The number of hydrogen-bond donors (Lipinski definition) is 1. The minimum atomic E-state index is -3.65. The van der Waals surface area contributed by atoms with Gasteiger partial charge in [-0.3, -0.25) is 0 Å². The standard InChI is InChI=1S/C16H22F2O4/c1-9(2)5-11(19)8-20-13-7-15-14(6-12(13)10(3)4)21-16(17,18)22-15/h6-7,9-11,19H,5,8H2,1-4H3/t11-/m1/s1. The fraction of sp³-hybridized carbons (Fsp3) is 0.625. The average Bonchev–Trinajstić information content (AvgIpc) is 2.67. The molecule has 0 saturated heterocycles. The Bertz CT molecular complexity index is 529. The molecule has 1 aromatic carbocycles. The molecule has 0 saturated carbocycles. The summed E-state index contributed by atoms with van der Waals surface area (Å²) in [6.45, 7) is 7.96. The van der Waals surface area contributed by atoms with Crippen molar-refractivity contribution in [1.82, 2.24) is 0 Å². The van der Waals surface area contributed by atoms with E-state index in [4.69, 9.17) is 4.74 Å². The molecule has 1 N–H and O–H groups in total. The Hall–Kier alpha value is -1.56. The Balaban J connectivity index is 2.17. The summed E-state index contributed by atoms with van der Waals surface area (Å²) in [7, 11) is 0. The topological polar surface area (TPSA) is 47.9 Å². The molecule has 1 aromatic rings. The maximum Gasteiger partial charge on any atom is 0.586 e. The van der Waals surface area contributed by atoms with Gasteiger partial charge in [0, 0.05) is 11.6 Å². The minimum absolute atomic E-state index is 0.00350. The van der Waals surface area contributed by atoms with Gasteiger partial charge in [-0.25, -0.2) is 0 Å². The van der Waals surface area contributed by atoms with Crippen LogP contribution in [0.2, 0.25) is 0 Å². The van der Waals surface area contributed by atoms with Gasteiger partial charge >= 0.3 is 6.29 Å². The molecule has 0 aliphatic carbocycles. The van der Waals surface area contributed by atoms with Crippen molar-refractivity contribution in [2.45, 2.75) is 52.4 Å². The summed E-state index contributed by atoms with van der Waals surface area (Å²) in [6, 6.07) is 2.90. The molecule has 0 unspecified atom stereocenters. The third-order valence-electron chi connectivity index (χ3n) is 3.33. The molecule has 6 heteroatoms. The van der Waals surface area contributed by atoms with Crippen LogP contribution in [0, 0.1) is 5.92 Å². The first-order chi connectivity index (χ1) is 10.2. The molecule has 0 bridgehead atoms. The molecule has 0 radical (unpaired) electrons. The summed E-state index contributed by atoms with van der Waals surface area (Å²) in [6.07, 6.45) is -3.64. The summed E-state index contributed by atoms with van der Waals surface area (Å²) in [4.78, 5) is 0. The van der Waals surface area contributed by atoms with Crippen LogP contribution in [0.4, 0.5) is 8.78 Å². The van der Waals surface area contributed by atoms with Gasteiger partial charge in [0.1, 0.15) is 12.4 Å². The molecule has 22 heavy (non-hydrogen) atoms. The van der Waals surface area contributed by atoms with Crippen LogP contribution in [0.3, 0.4) is 0 Å². The summed E-state index contributed by atoms with van der Waals surface area (Å²) in [5.74, 6) is 0.781. The number of benzene rings is 1. The Morgan fingerprint density at radius 1 is 1.14 bits per heavy atom. The predicted molar refractivity (Wildman–Crippen MR) is 77.7 cm³/mol. The second-order valence-electron chi connectivity index (χ2n) is 6.25. The lowest BCUT2D eigenvalue weighted by Crippen LogP contribution is -2.25. The van der Waals surface area contributed by atoms with Gasteiger partial charge in [0.25, 0.3) is 0 Å². The van der Waals surface area contributed by atoms with E-state index < -0.39 is 12.4 Å². The average molecular weight is 316 g/mol. The summed E-state index contributed by atoms with van der Waals surface area (Å²) in [5.41, 5.74) is 0.733. The maximum absolute atomic E-state index is 13.1. The molecule has 0 aromatic heterocycles. The van der Waals surface area contributed by atoms with E-state index in [1.54, 1.807) is 0 Å². The van der Waals surface area contributed by atoms with Gasteiger partial charge in [-0.1, -0.05) is 27.7 Å². The van der Waals surface area contributed by atoms with Gasteiger partial charge in [-0.2, -0.15) is 0 Å². The number of hydrogen-bond acceptors (Lipinski definition) is 4. The van der Waals surface area contributed by atoms with Gasteiger partial charge in [0.15, 0.2) is 11.5 Å². The lowest BCUT2D eigenvalue weighted by molar-refractivity contribution is -0.286. The molecule has 1 aliphatic rings. The summed E-state index contributed by atoms with van der Waals surface area (Å²) < 4.78 is 40.8. The van der Waals surface area contributed by atoms with Gasteiger partial charge in [0.2, 0.25) is 0 Å². The van der Waals surface area contributed by atoms with Gasteiger partial charge in [0.05, 0.1) is 6.10 Å². The highest BCUT2D eigenvalue weighted by atomic mass is 19.3. The van der Waals surface area contributed by atoms with Crippen LogP contribution >= 0.6 is 0 Å².